The molecule has 0 aliphatic carbocycles. The maximum atomic E-state index is 14.4. The van der Waals surface area contributed by atoms with E-state index >= 15 is 0 Å². The number of aromatic nitrogens is 4. The number of nitrogens with zero attached hydrogens (tertiary/aromatic N) is 4. The second kappa shape index (κ2) is 10.8. The summed E-state index contributed by atoms with van der Waals surface area (Å²) in [4.78, 5) is 12.1. The summed E-state index contributed by atoms with van der Waals surface area (Å²) in [7, 11) is 0. The van der Waals surface area contributed by atoms with E-state index in [9.17, 15) is 70.2 Å². The van der Waals surface area contributed by atoms with Gasteiger partial charge in [0.15, 0.2) is 11.5 Å². The summed E-state index contributed by atoms with van der Waals surface area (Å²) >= 11 is 0. The fraction of sp³-hybridized carbons (Fsp3) is 0.458. The van der Waals surface area contributed by atoms with Gasteiger partial charge in [-0.05, 0) is 31.9 Å². The van der Waals surface area contributed by atoms with Gasteiger partial charge in [0, 0.05) is 11.6 Å². The molecule has 4 nitrogen and oxygen atoms in total. The molecular formula is C24H16F16N4. The largest absolute Gasteiger partial charge is 0.460 e. The minimum absolute atomic E-state index is 0.0186. The number of hydrogen-bond acceptors (Lipinski definition) is 3. The molecule has 0 amide bonds. The zero-order valence-electron chi connectivity index (χ0n) is 21.7. The third-order valence-electron chi connectivity index (χ3n) is 6.32. The average molecular weight is 664 g/mol. The summed E-state index contributed by atoms with van der Waals surface area (Å²) in [5.41, 5.74) is 0.0697. The molecule has 2 heterocycles. The molecule has 0 saturated carbocycles. The molecule has 244 valence electrons. The van der Waals surface area contributed by atoms with E-state index < -0.39 is 60.0 Å². The molecule has 3 rings (SSSR count). The monoisotopic (exact) mass is 664 g/mol. The SMILES string of the molecule is CC(C)n1cnc2c(-c3ccccc3C/C=C(\F)C(F)(F)C(F)(F)C(F)(F)C(F)(F)C(F)(F)C(F)(F)C(F)(F)F)ncnc21. The van der Waals surface area contributed by atoms with Crippen LogP contribution in [0.4, 0.5) is 70.2 Å². The smallest absolute Gasteiger partial charge is 0.313 e. The van der Waals surface area contributed by atoms with E-state index in [0.717, 1.165) is 12.4 Å². The molecule has 0 fully saturated rings. The van der Waals surface area contributed by atoms with Crippen molar-refractivity contribution in [2.45, 2.75) is 68.0 Å². The van der Waals surface area contributed by atoms with E-state index in [0.29, 0.717) is 0 Å². The molecule has 1 aromatic carbocycles. The van der Waals surface area contributed by atoms with Gasteiger partial charge in [-0.25, -0.2) is 19.3 Å². The number of benzene rings is 1. The van der Waals surface area contributed by atoms with E-state index in [1.165, 1.54) is 24.5 Å². The van der Waals surface area contributed by atoms with E-state index in [2.05, 4.69) is 15.0 Å². The molecule has 0 radical (unpaired) electrons. The highest BCUT2D eigenvalue weighted by Crippen LogP contribution is 2.63. The number of hydrogen-bond donors (Lipinski definition) is 0. The predicted molar refractivity (Wildman–Crippen MR) is 120 cm³/mol. The lowest BCUT2D eigenvalue weighted by atomic mass is 9.90. The topological polar surface area (TPSA) is 43.6 Å². The minimum atomic E-state index is -8.50. The minimum Gasteiger partial charge on any atom is -0.313 e. The van der Waals surface area contributed by atoms with Crippen LogP contribution in [0.15, 0.2) is 48.8 Å². The summed E-state index contributed by atoms with van der Waals surface area (Å²) in [5, 5.41) is 0. The zero-order chi connectivity index (χ0) is 33.9. The van der Waals surface area contributed by atoms with Crippen molar-refractivity contribution in [1.29, 1.82) is 0 Å². The van der Waals surface area contributed by atoms with Gasteiger partial charge in [-0.1, -0.05) is 24.3 Å². The van der Waals surface area contributed by atoms with E-state index in [4.69, 9.17) is 0 Å². The Morgan fingerprint density at radius 3 is 1.80 bits per heavy atom. The van der Waals surface area contributed by atoms with Crippen molar-refractivity contribution in [3.05, 3.63) is 54.4 Å². The first-order valence-corrected chi connectivity index (χ1v) is 11.7. The van der Waals surface area contributed by atoms with Gasteiger partial charge in [-0.2, -0.15) is 65.9 Å². The van der Waals surface area contributed by atoms with Gasteiger partial charge >= 0.3 is 41.7 Å². The van der Waals surface area contributed by atoms with E-state index in [1.807, 2.05) is 0 Å². The van der Waals surface area contributed by atoms with Gasteiger partial charge < -0.3 is 4.57 Å². The fourth-order valence-corrected chi connectivity index (χ4v) is 3.80. The van der Waals surface area contributed by atoms with Crippen LogP contribution in [0.25, 0.3) is 22.4 Å². The Bertz CT molecular complexity index is 1540. The van der Waals surface area contributed by atoms with Crippen molar-refractivity contribution in [2.24, 2.45) is 0 Å². The van der Waals surface area contributed by atoms with Crippen molar-refractivity contribution >= 4 is 11.2 Å². The molecule has 0 aliphatic heterocycles. The Kier molecular flexibility index (Phi) is 8.54. The van der Waals surface area contributed by atoms with Crippen molar-refractivity contribution in [3.63, 3.8) is 0 Å². The quantitative estimate of drug-likeness (QED) is 0.204. The van der Waals surface area contributed by atoms with Gasteiger partial charge in [-0.3, -0.25) is 0 Å². The Morgan fingerprint density at radius 2 is 1.25 bits per heavy atom. The fourth-order valence-electron chi connectivity index (χ4n) is 3.80. The number of alkyl halides is 15. The van der Waals surface area contributed by atoms with Crippen LogP contribution >= 0.6 is 0 Å². The summed E-state index contributed by atoms with van der Waals surface area (Å²) in [5.74, 6) is -52.2. The third-order valence-corrected chi connectivity index (χ3v) is 6.32. The number of halogens is 16. The lowest BCUT2D eigenvalue weighted by Crippen LogP contribution is -2.72. The molecule has 0 N–H and O–H groups in total. The van der Waals surface area contributed by atoms with Gasteiger partial charge in [-0.15, -0.1) is 0 Å². The highest BCUT2D eigenvalue weighted by atomic mass is 19.4. The summed E-state index contributed by atoms with van der Waals surface area (Å²) < 4.78 is 217. The Balaban J connectivity index is 2.03. The van der Waals surface area contributed by atoms with Gasteiger partial charge in [0.05, 0.1) is 6.33 Å². The zero-order valence-corrected chi connectivity index (χ0v) is 21.7. The Hall–Kier alpha value is -3.61. The van der Waals surface area contributed by atoms with E-state index in [1.54, 1.807) is 18.4 Å². The third kappa shape index (κ3) is 5.02. The molecule has 0 spiro atoms. The molecule has 0 unspecified atom stereocenters. The molecule has 0 bridgehead atoms. The van der Waals surface area contributed by atoms with Crippen molar-refractivity contribution in [1.82, 2.24) is 19.5 Å². The Morgan fingerprint density at radius 1 is 0.727 bits per heavy atom. The van der Waals surface area contributed by atoms with Crippen LogP contribution in [-0.4, -0.2) is 61.2 Å². The maximum absolute atomic E-state index is 14.4. The standard InChI is InChI=1S/C24H16F16N4/c1-11(2)44-10-43-16-15(41-9-42-17(16)44)13-6-4-3-5-12(13)7-8-14(25)18(26,27)19(28,29)20(30,31)21(32,33)22(34,35)23(36,37)24(38,39)40/h3-6,8-11H,7H2,1-2H3/b14-8-. The molecule has 20 heteroatoms. The lowest BCUT2D eigenvalue weighted by Gasteiger charge is -2.41. The Labute approximate surface area is 235 Å². The van der Waals surface area contributed by atoms with Gasteiger partial charge in [0.1, 0.15) is 17.5 Å². The summed E-state index contributed by atoms with van der Waals surface area (Å²) in [6.07, 6.45) is -7.07. The van der Waals surface area contributed by atoms with Crippen LogP contribution in [0.2, 0.25) is 0 Å². The molecule has 0 atom stereocenters. The first kappa shape index (κ1) is 34.9. The summed E-state index contributed by atoms with van der Waals surface area (Å²) in [6.45, 7) is 3.51. The van der Waals surface area contributed by atoms with Crippen LogP contribution in [-0.2, 0) is 6.42 Å². The van der Waals surface area contributed by atoms with E-state index in [-0.39, 0.29) is 34.0 Å². The second-order valence-electron chi connectivity index (χ2n) is 9.50. The van der Waals surface area contributed by atoms with Crippen LogP contribution < -0.4 is 0 Å². The normalized spacial score (nSPS) is 15.0. The van der Waals surface area contributed by atoms with Crippen LogP contribution in [0, 0.1) is 0 Å². The van der Waals surface area contributed by atoms with Gasteiger partial charge in [0.2, 0.25) is 0 Å². The second-order valence-corrected chi connectivity index (χ2v) is 9.50. The highest BCUT2D eigenvalue weighted by molar-refractivity contribution is 5.88. The van der Waals surface area contributed by atoms with Crippen molar-refractivity contribution in [2.75, 3.05) is 0 Å². The maximum Gasteiger partial charge on any atom is 0.460 e. The number of rotatable bonds is 10. The van der Waals surface area contributed by atoms with Crippen LogP contribution in [0.5, 0.6) is 0 Å². The highest BCUT2D eigenvalue weighted by Gasteiger charge is 2.93. The lowest BCUT2D eigenvalue weighted by molar-refractivity contribution is -0.450. The molecule has 0 aliphatic rings. The molecule has 44 heavy (non-hydrogen) atoms. The van der Waals surface area contributed by atoms with Gasteiger partial charge in [0.25, 0.3) is 0 Å². The first-order valence-electron chi connectivity index (χ1n) is 11.7. The van der Waals surface area contributed by atoms with Crippen molar-refractivity contribution in [3.8, 4) is 11.3 Å². The molecular weight excluding hydrogens is 648 g/mol. The first-order chi connectivity index (χ1) is 19.8. The predicted octanol–water partition coefficient (Wildman–Crippen LogP) is 8.84. The van der Waals surface area contributed by atoms with Crippen LogP contribution in [0.3, 0.4) is 0 Å². The number of imidazole rings is 1. The summed E-state index contributed by atoms with van der Waals surface area (Å²) in [6, 6.07) is 4.70. The molecule has 2 aromatic heterocycles. The number of allylic oxidation sites excluding steroid dienone is 2. The number of fused-ring (bicyclic) bond motifs is 1. The molecule has 0 saturated heterocycles. The van der Waals surface area contributed by atoms with Crippen LogP contribution in [0.1, 0.15) is 25.5 Å². The average Bonchev–Trinajstić information content (AvgIpc) is 3.35. The van der Waals surface area contributed by atoms with Crippen molar-refractivity contribution < 1.29 is 70.2 Å². The molecule has 3 aromatic rings.